The molecule has 10 heteroatoms. The molecule has 132 valence electrons. The Labute approximate surface area is 157 Å². The van der Waals surface area contributed by atoms with Gasteiger partial charge in [-0.05, 0) is 36.5 Å². The van der Waals surface area contributed by atoms with Crippen molar-refractivity contribution >= 4 is 52.5 Å². The van der Waals surface area contributed by atoms with E-state index in [1.54, 1.807) is 0 Å². The van der Waals surface area contributed by atoms with E-state index in [1.165, 1.54) is 43.5 Å². The third kappa shape index (κ3) is 3.22. The van der Waals surface area contributed by atoms with E-state index in [2.05, 4.69) is 5.32 Å². The molecule has 0 spiro atoms. The number of rotatable bonds is 3. The quantitative estimate of drug-likeness (QED) is 0.283. The van der Waals surface area contributed by atoms with Gasteiger partial charge in [0.2, 0.25) is 0 Å². The number of benzene rings is 1. The van der Waals surface area contributed by atoms with Crippen LogP contribution in [0, 0.1) is 10.1 Å². The van der Waals surface area contributed by atoms with Gasteiger partial charge < -0.3 is 4.42 Å². The van der Waals surface area contributed by atoms with E-state index in [-0.39, 0.29) is 32.9 Å². The van der Waals surface area contributed by atoms with Gasteiger partial charge in [-0.25, -0.2) is 0 Å². The maximum Gasteiger partial charge on any atom is 0.270 e. The van der Waals surface area contributed by atoms with Crippen molar-refractivity contribution in [3.05, 3.63) is 56.8 Å². The van der Waals surface area contributed by atoms with Crippen molar-refractivity contribution in [2.24, 2.45) is 0 Å². The first kappa shape index (κ1) is 17.8. The molecule has 1 fully saturated rings. The highest BCUT2D eigenvalue weighted by Crippen LogP contribution is 2.33. The molecule has 0 atom stereocenters. The van der Waals surface area contributed by atoms with Crippen LogP contribution in [0.4, 0.5) is 5.69 Å². The number of nitro groups is 1. The number of furan rings is 1. The van der Waals surface area contributed by atoms with Crippen LogP contribution in [0.2, 0.25) is 5.02 Å². The van der Waals surface area contributed by atoms with Crippen LogP contribution in [0.5, 0.6) is 0 Å². The molecule has 0 radical (unpaired) electrons. The number of nitrogens with zero attached hydrogens (tertiary/aromatic N) is 2. The Morgan fingerprint density at radius 2 is 2.04 bits per heavy atom. The van der Waals surface area contributed by atoms with E-state index < -0.39 is 16.7 Å². The van der Waals surface area contributed by atoms with Crippen molar-refractivity contribution < 1.29 is 18.9 Å². The van der Waals surface area contributed by atoms with Crippen LogP contribution in [0.3, 0.4) is 0 Å². The second kappa shape index (κ2) is 6.70. The predicted molar refractivity (Wildman–Crippen MR) is 97.3 cm³/mol. The topological polar surface area (TPSA) is 106 Å². The molecule has 0 aliphatic carbocycles. The number of likely N-dealkylation sites (N-methyl/N-ethyl adjacent to an activating group) is 1. The zero-order chi connectivity index (χ0) is 19.0. The fourth-order valence-corrected chi connectivity index (χ4v) is 2.66. The minimum absolute atomic E-state index is 0.0145. The molecular formula is C16H10ClN3O5S. The van der Waals surface area contributed by atoms with E-state index in [0.717, 1.165) is 4.90 Å². The molecule has 1 saturated heterocycles. The number of thiocarbonyl (C=S) groups is 1. The lowest BCUT2D eigenvalue weighted by Crippen LogP contribution is -2.52. The molecule has 26 heavy (non-hydrogen) atoms. The normalized spacial score (nSPS) is 16.2. The maximum atomic E-state index is 12.2. The number of non-ortho nitro benzene ring substituents is 1. The lowest BCUT2D eigenvalue weighted by atomic mass is 10.1. The molecule has 2 amide bonds. The third-order valence-corrected chi connectivity index (χ3v) is 4.35. The highest BCUT2D eigenvalue weighted by molar-refractivity contribution is 7.80. The number of halogens is 1. The van der Waals surface area contributed by atoms with Gasteiger partial charge in [0.05, 0.1) is 9.95 Å². The summed E-state index contributed by atoms with van der Waals surface area (Å²) in [6.07, 6.45) is 1.27. The smallest absolute Gasteiger partial charge is 0.270 e. The van der Waals surface area contributed by atoms with Crippen molar-refractivity contribution in [3.8, 4) is 11.3 Å². The van der Waals surface area contributed by atoms with Gasteiger partial charge in [-0.2, -0.15) is 0 Å². The molecule has 1 aromatic heterocycles. The number of nitrogens with one attached hydrogen (secondary N) is 1. The van der Waals surface area contributed by atoms with E-state index >= 15 is 0 Å². The lowest BCUT2D eigenvalue weighted by molar-refractivity contribution is -0.384. The van der Waals surface area contributed by atoms with Crippen molar-refractivity contribution in [1.29, 1.82) is 0 Å². The minimum atomic E-state index is -0.635. The molecule has 2 aromatic rings. The standard InChI is InChI=1S/C16H10ClN3O5S/c1-19-15(22)11(14(21)18-16(19)26)7-9-3-5-13(25-9)10-6-8(20(23)24)2-4-12(10)17/h2-7H,1H3,(H,18,21,26). The second-order valence-electron chi connectivity index (χ2n) is 5.30. The van der Waals surface area contributed by atoms with Crippen LogP contribution in [-0.2, 0) is 9.59 Å². The number of amides is 2. The summed E-state index contributed by atoms with van der Waals surface area (Å²) in [5.41, 5.74) is 0.0352. The maximum absolute atomic E-state index is 12.2. The molecule has 0 saturated carbocycles. The zero-order valence-corrected chi connectivity index (χ0v) is 14.8. The largest absolute Gasteiger partial charge is 0.457 e. The van der Waals surface area contributed by atoms with Crippen LogP contribution in [0.25, 0.3) is 17.4 Å². The van der Waals surface area contributed by atoms with Gasteiger partial charge in [0.15, 0.2) is 5.11 Å². The molecule has 1 aliphatic heterocycles. The average Bonchev–Trinajstić information content (AvgIpc) is 3.05. The summed E-state index contributed by atoms with van der Waals surface area (Å²) in [6, 6.07) is 7.01. The Morgan fingerprint density at radius 3 is 2.73 bits per heavy atom. The highest BCUT2D eigenvalue weighted by Gasteiger charge is 2.31. The first-order chi connectivity index (χ1) is 12.3. The van der Waals surface area contributed by atoms with Crippen molar-refractivity contribution in [1.82, 2.24) is 10.2 Å². The molecule has 1 aromatic carbocycles. The Balaban J connectivity index is 1.97. The van der Waals surface area contributed by atoms with Crippen LogP contribution < -0.4 is 5.32 Å². The monoisotopic (exact) mass is 391 g/mol. The van der Waals surface area contributed by atoms with Crippen molar-refractivity contribution in [2.75, 3.05) is 7.05 Å². The fourth-order valence-electron chi connectivity index (χ4n) is 2.28. The van der Waals surface area contributed by atoms with Gasteiger partial charge in [0, 0.05) is 24.7 Å². The molecule has 8 nitrogen and oxygen atoms in total. The third-order valence-electron chi connectivity index (χ3n) is 3.64. The van der Waals surface area contributed by atoms with E-state index in [0.29, 0.717) is 5.56 Å². The summed E-state index contributed by atoms with van der Waals surface area (Å²) in [7, 11) is 1.44. The molecule has 1 N–H and O–H groups in total. The Kier molecular flexibility index (Phi) is 4.58. The van der Waals surface area contributed by atoms with E-state index in [9.17, 15) is 19.7 Å². The second-order valence-corrected chi connectivity index (χ2v) is 6.10. The van der Waals surface area contributed by atoms with Crippen molar-refractivity contribution in [2.45, 2.75) is 0 Å². The van der Waals surface area contributed by atoms with Gasteiger partial charge in [0.25, 0.3) is 17.5 Å². The van der Waals surface area contributed by atoms with Gasteiger partial charge in [0.1, 0.15) is 17.1 Å². The molecular weight excluding hydrogens is 382 g/mol. The number of carbonyl (C=O) groups is 2. The summed E-state index contributed by atoms with van der Waals surface area (Å²) >= 11 is 10.9. The fraction of sp³-hybridized carbons (Fsp3) is 0.0625. The molecule has 1 aliphatic rings. The van der Waals surface area contributed by atoms with Crippen LogP contribution in [0.1, 0.15) is 5.76 Å². The first-order valence-corrected chi connectivity index (χ1v) is 7.96. The minimum Gasteiger partial charge on any atom is -0.457 e. The Hall–Kier alpha value is -3.04. The van der Waals surface area contributed by atoms with Gasteiger partial charge in [-0.15, -0.1) is 0 Å². The van der Waals surface area contributed by atoms with Crippen LogP contribution >= 0.6 is 23.8 Å². The summed E-state index contributed by atoms with van der Waals surface area (Å²) in [6.45, 7) is 0. The number of carbonyl (C=O) groups excluding carboxylic acids is 2. The van der Waals surface area contributed by atoms with Crippen molar-refractivity contribution in [3.63, 3.8) is 0 Å². The van der Waals surface area contributed by atoms with Gasteiger partial charge >= 0.3 is 0 Å². The SMILES string of the molecule is CN1C(=O)C(=Cc2ccc(-c3cc([N+](=O)[O-])ccc3Cl)o2)C(=O)NC1=S. The number of nitro benzene ring substituents is 1. The number of hydrogen-bond acceptors (Lipinski definition) is 6. The summed E-state index contributed by atoms with van der Waals surface area (Å²) in [5, 5.41) is 13.6. The average molecular weight is 392 g/mol. The molecule has 0 bridgehead atoms. The molecule has 2 heterocycles. The van der Waals surface area contributed by atoms with E-state index in [1.807, 2.05) is 0 Å². The Morgan fingerprint density at radius 1 is 1.31 bits per heavy atom. The predicted octanol–water partition coefficient (Wildman–Crippen LogP) is 2.76. The van der Waals surface area contributed by atoms with Crippen LogP contribution in [-0.4, -0.2) is 33.8 Å². The zero-order valence-electron chi connectivity index (χ0n) is 13.2. The van der Waals surface area contributed by atoms with Crippen LogP contribution in [0.15, 0.2) is 40.3 Å². The summed E-state index contributed by atoms with van der Waals surface area (Å²) in [5.74, 6) is -0.727. The Bertz CT molecular complexity index is 998. The first-order valence-electron chi connectivity index (χ1n) is 7.17. The lowest BCUT2D eigenvalue weighted by Gasteiger charge is -2.24. The highest BCUT2D eigenvalue weighted by atomic mass is 35.5. The molecule has 3 rings (SSSR count). The summed E-state index contributed by atoms with van der Waals surface area (Å²) < 4.78 is 5.58. The van der Waals surface area contributed by atoms with E-state index in [4.69, 9.17) is 28.2 Å². The van der Waals surface area contributed by atoms with Gasteiger partial charge in [-0.1, -0.05) is 11.6 Å². The number of hydrogen-bond donors (Lipinski definition) is 1. The molecule has 0 unspecified atom stereocenters. The van der Waals surface area contributed by atoms with Gasteiger partial charge in [-0.3, -0.25) is 29.9 Å². The summed E-state index contributed by atoms with van der Waals surface area (Å²) in [4.78, 5) is 35.6.